The van der Waals surface area contributed by atoms with Gasteiger partial charge in [0.05, 0.1) is 18.2 Å². The van der Waals surface area contributed by atoms with E-state index in [0.29, 0.717) is 30.0 Å². The van der Waals surface area contributed by atoms with Gasteiger partial charge in [-0.25, -0.2) is 0 Å². The molecule has 6 heteroatoms. The van der Waals surface area contributed by atoms with Crippen molar-refractivity contribution in [2.24, 2.45) is 0 Å². The Bertz CT molecular complexity index is 1020. The Balaban J connectivity index is 1.66. The van der Waals surface area contributed by atoms with Gasteiger partial charge in [-0.1, -0.05) is 43.9 Å². The molecule has 1 aliphatic carbocycles. The Kier molecular flexibility index (Phi) is 9.26. The van der Waals surface area contributed by atoms with Crippen LogP contribution in [0, 0.1) is 0 Å². The lowest BCUT2D eigenvalue weighted by molar-refractivity contribution is 0.0270. The summed E-state index contributed by atoms with van der Waals surface area (Å²) in [7, 11) is 1.87. The first-order valence-electron chi connectivity index (χ1n) is 13.6. The van der Waals surface area contributed by atoms with E-state index >= 15 is 0 Å². The van der Waals surface area contributed by atoms with E-state index in [4.69, 9.17) is 9.47 Å². The minimum Gasteiger partial charge on any atom is -0.494 e. The molecule has 4 rings (SSSR count). The molecule has 1 aliphatic heterocycles. The number of benzene rings is 2. The summed E-state index contributed by atoms with van der Waals surface area (Å²) in [6, 6.07) is 15.0. The molecule has 36 heavy (non-hydrogen) atoms. The van der Waals surface area contributed by atoms with Gasteiger partial charge in [-0.2, -0.15) is 0 Å². The van der Waals surface area contributed by atoms with Gasteiger partial charge in [0.2, 0.25) is 0 Å². The zero-order valence-electron chi connectivity index (χ0n) is 21.8. The van der Waals surface area contributed by atoms with Crippen LogP contribution in [0.4, 0.5) is 0 Å². The summed E-state index contributed by atoms with van der Waals surface area (Å²) in [6.45, 7) is 3.96. The molecule has 2 aromatic rings. The van der Waals surface area contributed by atoms with Crippen molar-refractivity contribution in [3.8, 4) is 11.5 Å². The first-order valence-corrected chi connectivity index (χ1v) is 13.6. The Labute approximate surface area is 215 Å². The number of ether oxygens (including phenoxy) is 2. The number of hydrogen-bond acceptors (Lipinski definition) is 4. The highest BCUT2D eigenvalue weighted by atomic mass is 16.5. The number of carbonyl (C=O) groups is 2. The highest BCUT2D eigenvalue weighted by Crippen LogP contribution is 2.31. The molecule has 0 saturated heterocycles. The van der Waals surface area contributed by atoms with E-state index in [1.54, 1.807) is 4.90 Å². The van der Waals surface area contributed by atoms with Crippen LogP contribution in [0.2, 0.25) is 0 Å². The van der Waals surface area contributed by atoms with E-state index in [0.717, 1.165) is 70.1 Å². The van der Waals surface area contributed by atoms with Gasteiger partial charge in [0.25, 0.3) is 11.8 Å². The van der Waals surface area contributed by atoms with Crippen LogP contribution in [-0.4, -0.2) is 60.5 Å². The monoisotopic (exact) mass is 492 g/mol. The van der Waals surface area contributed by atoms with E-state index in [-0.39, 0.29) is 24.0 Å². The fourth-order valence-electron chi connectivity index (χ4n) is 5.42. The molecule has 2 atom stereocenters. The summed E-state index contributed by atoms with van der Waals surface area (Å²) in [5, 5.41) is 0. The average Bonchev–Trinajstić information content (AvgIpc) is 2.90. The Morgan fingerprint density at radius 3 is 2.53 bits per heavy atom. The molecule has 2 aliphatic rings. The third kappa shape index (κ3) is 6.40. The molecule has 2 amide bonds. The number of amides is 2. The van der Waals surface area contributed by atoms with Gasteiger partial charge >= 0.3 is 0 Å². The lowest BCUT2D eigenvalue weighted by atomic mass is 9.90. The van der Waals surface area contributed by atoms with Crippen LogP contribution in [0.3, 0.4) is 0 Å². The molecule has 0 aromatic heterocycles. The molecule has 0 bridgehead atoms. The van der Waals surface area contributed by atoms with E-state index in [1.165, 1.54) is 0 Å². The second kappa shape index (κ2) is 12.8. The molecule has 1 heterocycles. The summed E-state index contributed by atoms with van der Waals surface area (Å²) in [6.07, 6.45) is 8.92. The van der Waals surface area contributed by atoms with Crippen molar-refractivity contribution in [2.45, 2.75) is 76.9 Å². The Morgan fingerprint density at radius 1 is 0.944 bits per heavy atom. The van der Waals surface area contributed by atoms with Crippen molar-refractivity contribution in [1.29, 1.82) is 0 Å². The summed E-state index contributed by atoms with van der Waals surface area (Å²) in [5.41, 5.74) is 1.25. The largest absolute Gasteiger partial charge is 0.494 e. The quantitative estimate of drug-likeness (QED) is 0.531. The zero-order valence-corrected chi connectivity index (χ0v) is 21.8. The van der Waals surface area contributed by atoms with Crippen LogP contribution in [0.25, 0.3) is 0 Å². The molecule has 0 unspecified atom stereocenters. The number of para-hydroxylation sites is 1. The van der Waals surface area contributed by atoms with Crippen LogP contribution in [0.1, 0.15) is 85.4 Å². The Morgan fingerprint density at radius 2 is 1.69 bits per heavy atom. The van der Waals surface area contributed by atoms with Crippen molar-refractivity contribution < 1.29 is 19.1 Å². The number of carbonyl (C=O) groups excluding carboxylic acids is 2. The number of hydrogen-bond donors (Lipinski definition) is 0. The third-order valence-corrected chi connectivity index (χ3v) is 7.36. The summed E-state index contributed by atoms with van der Waals surface area (Å²) in [4.78, 5) is 31.0. The van der Waals surface area contributed by atoms with E-state index in [9.17, 15) is 9.59 Å². The first kappa shape index (κ1) is 26.1. The molecule has 1 saturated carbocycles. The molecule has 0 radical (unpaired) electrons. The molecular formula is C30H40N2O4. The average molecular weight is 493 g/mol. The van der Waals surface area contributed by atoms with Crippen LogP contribution in [0.15, 0.2) is 48.5 Å². The minimum atomic E-state index is -0.151. The van der Waals surface area contributed by atoms with Crippen molar-refractivity contribution in [1.82, 2.24) is 9.80 Å². The Hall–Kier alpha value is -3.02. The van der Waals surface area contributed by atoms with Gasteiger partial charge in [-0.05, 0) is 69.4 Å². The van der Waals surface area contributed by atoms with Gasteiger partial charge in [0.1, 0.15) is 17.6 Å². The lowest BCUT2D eigenvalue weighted by Gasteiger charge is -2.40. The smallest absolute Gasteiger partial charge is 0.257 e. The van der Waals surface area contributed by atoms with Crippen LogP contribution in [0.5, 0.6) is 11.5 Å². The van der Waals surface area contributed by atoms with Gasteiger partial charge in [-0.3, -0.25) is 9.59 Å². The normalized spacial score (nSPS) is 21.9. The lowest BCUT2D eigenvalue weighted by Crippen LogP contribution is -2.51. The second-order valence-corrected chi connectivity index (χ2v) is 9.96. The maximum Gasteiger partial charge on any atom is 0.257 e. The predicted molar refractivity (Wildman–Crippen MR) is 142 cm³/mol. The standard InChI is InChI=1S/C30H40N2O4/c1-3-35-24-15-13-14-23(22-24)29(33)32-21-12-6-4-5-11-20-31(2)30(34)25-16-7-9-18-27(25)36-28-19-10-8-17-26(28)32/h7,9,13-16,18,22,26,28H,3-6,8,10-12,17,19-21H2,1-2H3/t26-,28+/m1/s1. The number of fused-ring (bicyclic) bond motifs is 2. The third-order valence-electron chi connectivity index (χ3n) is 7.36. The molecule has 0 spiro atoms. The van der Waals surface area contributed by atoms with E-state index in [1.807, 2.05) is 67.4 Å². The molecule has 194 valence electrons. The van der Waals surface area contributed by atoms with E-state index in [2.05, 4.69) is 0 Å². The first-order chi connectivity index (χ1) is 17.6. The fraction of sp³-hybridized carbons (Fsp3) is 0.533. The fourth-order valence-corrected chi connectivity index (χ4v) is 5.42. The van der Waals surface area contributed by atoms with Crippen LogP contribution >= 0.6 is 0 Å². The van der Waals surface area contributed by atoms with Crippen molar-refractivity contribution >= 4 is 11.8 Å². The molecular weight excluding hydrogens is 452 g/mol. The van der Waals surface area contributed by atoms with Gasteiger partial charge < -0.3 is 19.3 Å². The number of nitrogens with zero attached hydrogens (tertiary/aromatic N) is 2. The number of rotatable bonds is 3. The van der Waals surface area contributed by atoms with E-state index < -0.39 is 0 Å². The minimum absolute atomic E-state index is 0.00602. The topological polar surface area (TPSA) is 59.1 Å². The van der Waals surface area contributed by atoms with Crippen molar-refractivity contribution in [3.05, 3.63) is 59.7 Å². The van der Waals surface area contributed by atoms with Crippen molar-refractivity contribution in [3.63, 3.8) is 0 Å². The predicted octanol–water partition coefficient (Wildman–Crippen LogP) is 5.95. The van der Waals surface area contributed by atoms with Gasteiger partial charge in [0, 0.05) is 25.7 Å². The zero-order chi connectivity index (χ0) is 25.3. The highest BCUT2D eigenvalue weighted by Gasteiger charge is 2.35. The molecule has 0 N–H and O–H groups in total. The maximum absolute atomic E-state index is 13.9. The summed E-state index contributed by atoms with van der Waals surface area (Å²) in [5.74, 6) is 1.36. The molecule has 1 fully saturated rings. The maximum atomic E-state index is 13.9. The molecule has 6 nitrogen and oxygen atoms in total. The van der Waals surface area contributed by atoms with Crippen LogP contribution < -0.4 is 9.47 Å². The summed E-state index contributed by atoms with van der Waals surface area (Å²) < 4.78 is 12.3. The highest BCUT2D eigenvalue weighted by molar-refractivity contribution is 5.97. The SMILES string of the molecule is CCOc1cccc(C(=O)N2CCCCCCCN(C)C(=O)c3ccccc3O[C@H]3CCCC[C@H]32)c1. The summed E-state index contributed by atoms with van der Waals surface area (Å²) >= 11 is 0. The van der Waals surface area contributed by atoms with Gasteiger partial charge in [-0.15, -0.1) is 0 Å². The second-order valence-electron chi connectivity index (χ2n) is 9.96. The van der Waals surface area contributed by atoms with Gasteiger partial charge in [0.15, 0.2) is 0 Å². The molecule has 2 aromatic carbocycles. The van der Waals surface area contributed by atoms with Crippen LogP contribution in [-0.2, 0) is 0 Å². The van der Waals surface area contributed by atoms with Crippen molar-refractivity contribution in [2.75, 3.05) is 26.7 Å².